The van der Waals surface area contributed by atoms with Gasteiger partial charge in [-0.05, 0) is 12.5 Å². The highest BCUT2D eigenvalue weighted by atomic mass is 16.3. The lowest BCUT2D eigenvalue weighted by atomic mass is 10.2. The topological polar surface area (TPSA) is 61.8 Å². The second kappa shape index (κ2) is 3.58. The van der Waals surface area contributed by atoms with Crippen LogP contribution in [0.2, 0.25) is 0 Å². The third-order valence-electron chi connectivity index (χ3n) is 2.16. The summed E-state index contributed by atoms with van der Waals surface area (Å²) in [5.74, 6) is 0.540. The molecule has 0 radical (unpaired) electrons. The van der Waals surface area contributed by atoms with Gasteiger partial charge in [-0.3, -0.25) is 4.99 Å². The van der Waals surface area contributed by atoms with E-state index < -0.39 is 0 Å². The van der Waals surface area contributed by atoms with Crippen molar-refractivity contribution in [2.24, 2.45) is 10.7 Å². The number of aliphatic hydroxyl groups is 1. The van der Waals surface area contributed by atoms with Gasteiger partial charge in [0, 0.05) is 20.1 Å². The third-order valence-corrected chi connectivity index (χ3v) is 2.16. The quantitative estimate of drug-likeness (QED) is 0.317. The molecule has 0 aromatic heterocycles. The van der Waals surface area contributed by atoms with E-state index in [0.29, 0.717) is 12.5 Å². The van der Waals surface area contributed by atoms with Crippen LogP contribution in [0, 0.1) is 0 Å². The highest BCUT2D eigenvalue weighted by Gasteiger charge is 2.19. The first-order chi connectivity index (χ1) is 5.69. The Hall–Kier alpha value is -1.03. The molecule has 0 aliphatic carbocycles. The lowest BCUT2D eigenvalue weighted by Gasteiger charge is -2.16. The Balaban J connectivity index is 2.62. The molecule has 0 saturated heterocycles. The standard InChI is InChI=1S/C8H15N3O/c1-6-3-11(8(9)10-2)4-7(6)5-12/h12H,3-5H2,1-2H3,(H2,9,10). The Morgan fingerprint density at radius 2 is 2.33 bits per heavy atom. The smallest absolute Gasteiger partial charge is 0.191 e. The van der Waals surface area contributed by atoms with E-state index in [1.807, 2.05) is 11.8 Å². The lowest BCUT2D eigenvalue weighted by Crippen LogP contribution is -2.36. The van der Waals surface area contributed by atoms with Crippen LogP contribution in [0.4, 0.5) is 0 Å². The summed E-state index contributed by atoms with van der Waals surface area (Å²) in [5, 5.41) is 8.94. The molecule has 0 aromatic rings. The minimum atomic E-state index is 0.124. The summed E-state index contributed by atoms with van der Waals surface area (Å²) in [6, 6.07) is 0. The Kier molecular flexibility index (Phi) is 2.70. The first kappa shape index (κ1) is 9.06. The molecule has 0 bridgehead atoms. The van der Waals surface area contributed by atoms with Crippen molar-refractivity contribution in [2.75, 3.05) is 26.7 Å². The molecule has 12 heavy (non-hydrogen) atoms. The van der Waals surface area contributed by atoms with Crippen molar-refractivity contribution in [3.05, 3.63) is 11.1 Å². The fourth-order valence-electron chi connectivity index (χ4n) is 1.31. The van der Waals surface area contributed by atoms with Gasteiger partial charge in [0.2, 0.25) is 0 Å². The minimum absolute atomic E-state index is 0.124. The average molecular weight is 169 g/mol. The average Bonchev–Trinajstić information content (AvgIpc) is 2.45. The van der Waals surface area contributed by atoms with Crippen molar-refractivity contribution in [1.82, 2.24) is 4.90 Å². The number of hydrogen-bond donors (Lipinski definition) is 2. The van der Waals surface area contributed by atoms with E-state index in [1.165, 1.54) is 5.57 Å². The van der Waals surface area contributed by atoms with Gasteiger partial charge in [-0.25, -0.2) is 0 Å². The summed E-state index contributed by atoms with van der Waals surface area (Å²) >= 11 is 0. The first-order valence-corrected chi connectivity index (χ1v) is 3.94. The van der Waals surface area contributed by atoms with Crippen molar-refractivity contribution in [3.8, 4) is 0 Å². The van der Waals surface area contributed by atoms with Crippen LogP contribution in [0.5, 0.6) is 0 Å². The number of hydrogen-bond acceptors (Lipinski definition) is 2. The van der Waals surface area contributed by atoms with Crippen LogP contribution in [-0.4, -0.2) is 42.7 Å². The Morgan fingerprint density at radius 3 is 2.75 bits per heavy atom. The fourth-order valence-corrected chi connectivity index (χ4v) is 1.31. The van der Waals surface area contributed by atoms with Gasteiger partial charge in [0.05, 0.1) is 6.61 Å². The summed E-state index contributed by atoms with van der Waals surface area (Å²) in [5.41, 5.74) is 7.88. The molecule has 1 rings (SSSR count). The molecule has 4 heteroatoms. The summed E-state index contributed by atoms with van der Waals surface area (Å²) in [6.07, 6.45) is 0. The van der Waals surface area contributed by atoms with Gasteiger partial charge in [-0.15, -0.1) is 0 Å². The van der Waals surface area contributed by atoms with E-state index in [4.69, 9.17) is 10.8 Å². The fraction of sp³-hybridized carbons (Fsp3) is 0.625. The van der Waals surface area contributed by atoms with E-state index in [9.17, 15) is 0 Å². The lowest BCUT2D eigenvalue weighted by molar-refractivity contribution is 0.324. The number of rotatable bonds is 1. The largest absolute Gasteiger partial charge is 0.392 e. The molecule has 1 heterocycles. The first-order valence-electron chi connectivity index (χ1n) is 3.94. The zero-order valence-electron chi connectivity index (χ0n) is 7.54. The monoisotopic (exact) mass is 169 g/mol. The van der Waals surface area contributed by atoms with E-state index >= 15 is 0 Å². The maximum Gasteiger partial charge on any atom is 0.191 e. The van der Waals surface area contributed by atoms with E-state index in [0.717, 1.165) is 12.1 Å². The number of nitrogens with zero attached hydrogens (tertiary/aromatic N) is 2. The highest BCUT2D eigenvalue weighted by molar-refractivity contribution is 5.79. The molecule has 4 nitrogen and oxygen atoms in total. The third kappa shape index (κ3) is 1.58. The van der Waals surface area contributed by atoms with Crippen LogP contribution in [-0.2, 0) is 0 Å². The number of aliphatic hydroxyl groups excluding tert-OH is 1. The van der Waals surface area contributed by atoms with Gasteiger partial charge in [0.15, 0.2) is 5.96 Å². The molecular weight excluding hydrogens is 154 g/mol. The molecule has 1 aliphatic heterocycles. The molecule has 0 aromatic carbocycles. The molecule has 0 atom stereocenters. The molecule has 0 saturated carbocycles. The van der Waals surface area contributed by atoms with E-state index in [2.05, 4.69) is 4.99 Å². The Labute approximate surface area is 72.4 Å². The van der Waals surface area contributed by atoms with Crippen molar-refractivity contribution in [1.29, 1.82) is 0 Å². The number of nitrogens with two attached hydrogens (primary N) is 1. The van der Waals surface area contributed by atoms with Crippen LogP contribution in [0.1, 0.15) is 6.92 Å². The van der Waals surface area contributed by atoms with Gasteiger partial charge in [-0.2, -0.15) is 0 Å². The van der Waals surface area contributed by atoms with Gasteiger partial charge >= 0.3 is 0 Å². The van der Waals surface area contributed by atoms with Crippen LogP contribution in [0.15, 0.2) is 16.1 Å². The molecule has 68 valence electrons. The SMILES string of the molecule is CN=C(N)N1CC(C)=C(CO)C1. The Bertz CT molecular complexity index is 232. The van der Waals surface area contributed by atoms with Crippen LogP contribution in [0.3, 0.4) is 0 Å². The van der Waals surface area contributed by atoms with Crippen molar-refractivity contribution < 1.29 is 5.11 Å². The van der Waals surface area contributed by atoms with E-state index in [1.54, 1.807) is 7.05 Å². The predicted octanol–water partition coefficient (Wildman–Crippen LogP) is -0.445. The highest BCUT2D eigenvalue weighted by Crippen LogP contribution is 2.15. The summed E-state index contributed by atoms with van der Waals surface area (Å²) in [7, 11) is 1.67. The minimum Gasteiger partial charge on any atom is -0.392 e. The van der Waals surface area contributed by atoms with Crippen molar-refractivity contribution >= 4 is 5.96 Å². The second-order valence-corrected chi connectivity index (χ2v) is 2.98. The van der Waals surface area contributed by atoms with Crippen molar-refractivity contribution in [3.63, 3.8) is 0 Å². The zero-order valence-corrected chi connectivity index (χ0v) is 7.54. The van der Waals surface area contributed by atoms with Crippen LogP contribution >= 0.6 is 0 Å². The zero-order chi connectivity index (χ0) is 9.14. The molecule has 0 amide bonds. The van der Waals surface area contributed by atoms with Gasteiger partial charge in [0.25, 0.3) is 0 Å². The number of guanidine groups is 1. The maximum atomic E-state index is 8.94. The summed E-state index contributed by atoms with van der Waals surface area (Å²) in [4.78, 5) is 5.83. The Morgan fingerprint density at radius 1 is 1.67 bits per heavy atom. The predicted molar refractivity (Wildman–Crippen MR) is 48.9 cm³/mol. The van der Waals surface area contributed by atoms with Gasteiger partial charge in [0.1, 0.15) is 0 Å². The molecular formula is C8H15N3O. The molecule has 1 aliphatic rings. The molecule has 0 fully saturated rings. The molecule has 3 N–H and O–H groups in total. The number of aliphatic imine (C=N–C) groups is 1. The summed E-state index contributed by atoms with van der Waals surface area (Å²) < 4.78 is 0. The van der Waals surface area contributed by atoms with Crippen LogP contribution < -0.4 is 5.73 Å². The van der Waals surface area contributed by atoms with Crippen LogP contribution in [0.25, 0.3) is 0 Å². The maximum absolute atomic E-state index is 8.94. The molecule has 0 unspecified atom stereocenters. The summed E-state index contributed by atoms with van der Waals surface area (Å²) in [6.45, 7) is 3.64. The van der Waals surface area contributed by atoms with Gasteiger partial charge in [-0.1, -0.05) is 5.57 Å². The van der Waals surface area contributed by atoms with E-state index in [-0.39, 0.29) is 6.61 Å². The van der Waals surface area contributed by atoms with Gasteiger partial charge < -0.3 is 15.7 Å². The van der Waals surface area contributed by atoms with Crippen molar-refractivity contribution in [2.45, 2.75) is 6.92 Å². The normalized spacial score (nSPS) is 19.2. The molecule has 0 spiro atoms. The second-order valence-electron chi connectivity index (χ2n) is 2.98.